The van der Waals surface area contributed by atoms with Gasteiger partial charge in [-0.15, -0.1) is 0 Å². The SMILES string of the molecule is COc1ccccc1C(=O)CN1C(=O)C(=O)N(Cc2ccccc2)C1=O. The first-order chi connectivity index (χ1) is 12.5. The maximum absolute atomic E-state index is 12.5. The molecule has 1 fully saturated rings. The van der Waals surface area contributed by atoms with Crippen molar-refractivity contribution in [2.75, 3.05) is 13.7 Å². The van der Waals surface area contributed by atoms with E-state index in [-0.39, 0.29) is 12.1 Å². The van der Waals surface area contributed by atoms with Gasteiger partial charge in [0.1, 0.15) is 5.75 Å². The van der Waals surface area contributed by atoms with Crippen molar-refractivity contribution in [1.82, 2.24) is 9.80 Å². The maximum Gasteiger partial charge on any atom is 0.334 e. The third-order valence-corrected chi connectivity index (χ3v) is 4.03. The first-order valence-corrected chi connectivity index (χ1v) is 7.90. The quantitative estimate of drug-likeness (QED) is 0.450. The first-order valence-electron chi connectivity index (χ1n) is 7.90. The van der Waals surface area contributed by atoms with Crippen molar-refractivity contribution in [3.8, 4) is 5.75 Å². The molecule has 0 radical (unpaired) electrons. The predicted molar refractivity (Wildman–Crippen MR) is 91.4 cm³/mol. The molecule has 26 heavy (non-hydrogen) atoms. The Balaban J connectivity index is 1.78. The minimum absolute atomic E-state index is 0.0242. The summed E-state index contributed by atoms with van der Waals surface area (Å²) in [5.74, 6) is -2.09. The number of hydrogen-bond donors (Lipinski definition) is 0. The molecule has 0 saturated carbocycles. The number of Topliss-reactive ketones (excluding diaryl/α,β-unsaturated/α-hetero) is 1. The summed E-state index contributed by atoms with van der Waals surface area (Å²) < 4.78 is 5.12. The second-order valence-corrected chi connectivity index (χ2v) is 5.67. The van der Waals surface area contributed by atoms with Crippen LogP contribution in [0.1, 0.15) is 15.9 Å². The van der Waals surface area contributed by atoms with Crippen molar-refractivity contribution in [3.63, 3.8) is 0 Å². The van der Waals surface area contributed by atoms with Crippen LogP contribution >= 0.6 is 0 Å². The number of carbonyl (C=O) groups is 4. The molecule has 0 bridgehead atoms. The van der Waals surface area contributed by atoms with Gasteiger partial charge in [0, 0.05) is 0 Å². The van der Waals surface area contributed by atoms with Crippen LogP contribution in [0.2, 0.25) is 0 Å². The molecule has 0 atom stereocenters. The smallest absolute Gasteiger partial charge is 0.334 e. The molecule has 7 heteroatoms. The molecule has 4 amide bonds. The highest BCUT2D eigenvalue weighted by atomic mass is 16.5. The molecule has 132 valence electrons. The van der Waals surface area contributed by atoms with E-state index < -0.39 is 30.2 Å². The summed E-state index contributed by atoms with van der Waals surface area (Å²) in [5.41, 5.74) is 0.949. The molecular weight excluding hydrogens is 336 g/mol. The number of urea groups is 1. The van der Waals surface area contributed by atoms with E-state index in [9.17, 15) is 19.2 Å². The van der Waals surface area contributed by atoms with Crippen LogP contribution in [0.25, 0.3) is 0 Å². The van der Waals surface area contributed by atoms with Crippen LogP contribution in [-0.2, 0) is 16.1 Å². The standard InChI is InChI=1S/C19H16N2O5/c1-26-16-10-6-5-9-14(16)15(22)12-21-18(24)17(23)20(19(21)25)11-13-7-3-2-4-8-13/h2-10H,11-12H2,1H3. The second-order valence-electron chi connectivity index (χ2n) is 5.67. The highest BCUT2D eigenvalue weighted by Gasteiger charge is 2.45. The Kier molecular flexibility index (Phi) is 4.79. The van der Waals surface area contributed by atoms with E-state index in [4.69, 9.17) is 4.74 Å². The lowest BCUT2D eigenvalue weighted by Gasteiger charge is -2.15. The van der Waals surface area contributed by atoms with E-state index in [1.54, 1.807) is 48.5 Å². The number of nitrogens with zero attached hydrogens (tertiary/aromatic N) is 2. The van der Waals surface area contributed by atoms with Crippen LogP contribution in [0.3, 0.4) is 0 Å². The average Bonchev–Trinajstić information content (AvgIpc) is 2.87. The molecule has 2 aromatic rings. The lowest BCUT2D eigenvalue weighted by Crippen LogP contribution is -2.37. The van der Waals surface area contributed by atoms with E-state index in [2.05, 4.69) is 0 Å². The topological polar surface area (TPSA) is 84.0 Å². The fraction of sp³-hybridized carbons (Fsp3) is 0.158. The lowest BCUT2D eigenvalue weighted by atomic mass is 10.1. The van der Waals surface area contributed by atoms with Gasteiger partial charge in [-0.1, -0.05) is 42.5 Å². The zero-order valence-electron chi connectivity index (χ0n) is 14.0. The highest BCUT2D eigenvalue weighted by molar-refractivity contribution is 6.45. The fourth-order valence-electron chi connectivity index (χ4n) is 2.70. The zero-order valence-corrected chi connectivity index (χ0v) is 14.0. The van der Waals surface area contributed by atoms with Crippen LogP contribution in [-0.4, -0.2) is 47.1 Å². The Morgan fingerprint density at radius 1 is 0.885 bits per heavy atom. The second kappa shape index (κ2) is 7.18. The van der Waals surface area contributed by atoms with Gasteiger partial charge in [-0.3, -0.25) is 19.3 Å². The number of carbonyl (C=O) groups excluding carboxylic acids is 4. The summed E-state index contributed by atoms with van der Waals surface area (Å²) in [6.45, 7) is -0.543. The van der Waals surface area contributed by atoms with Gasteiger partial charge in [0.05, 0.1) is 25.8 Å². The van der Waals surface area contributed by atoms with Crippen molar-refractivity contribution in [2.45, 2.75) is 6.54 Å². The molecule has 0 aliphatic carbocycles. The van der Waals surface area contributed by atoms with Crippen molar-refractivity contribution in [2.24, 2.45) is 0 Å². The monoisotopic (exact) mass is 352 g/mol. The van der Waals surface area contributed by atoms with Crippen molar-refractivity contribution in [1.29, 1.82) is 0 Å². The van der Waals surface area contributed by atoms with E-state index in [1.165, 1.54) is 13.2 Å². The Labute approximate surface area is 149 Å². The van der Waals surface area contributed by atoms with Crippen LogP contribution in [0.5, 0.6) is 5.75 Å². The Hall–Kier alpha value is -3.48. The third-order valence-electron chi connectivity index (χ3n) is 4.03. The third kappa shape index (κ3) is 3.19. The van der Waals surface area contributed by atoms with Crippen molar-refractivity contribution < 1.29 is 23.9 Å². The molecule has 0 unspecified atom stereocenters. The van der Waals surface area contributed by atoms with Crippen molar-refractivity contribution in [3.05, 3.63) is 65.7 Å². The number of methoxy groups -OCH3 is 1. The van der Waals surface area contributed by atoms with Gasteiger partial charge in [-0.2, -0.15) is 0 Å². The van der Waals surface area contributed by atoms with E-state index in [0.29, 0.717) is 16.2 Å². The van der Waals surface area contributed by atoms with Gasteiger partial charge in [0.2, 0.25) is 0 Å². The average molecular weight is 352 g/mol. The van der Waals surface area contributed by atoms with Gasteiger partial charge >= 0.3 is 17.8 Å². The number of ketones is 1. The summed E-state index contributed by atoms with van der Waals surface area (Å²) in [4.78, 5) is 50.8. The molecule has 1 aliphatic heterocycles. The largest absolute Gasteiger partial charge is 0.496 e. The summed E-state index contributed by atoms with van der Waals surface area (Å²) in [6, 6.07) is 14.5. The minimum atomic E-state index is -1.01. The van der Waals surface area contributed by atoms with Gasteiger partial charge in [-0.05, 0) is 17.7 Å². The van der Waals surface area contributed by atoms with Gasteiger partial charge < -0.3 is 4.74 Å². The number of para-hydroxylation sites is 1. The molecular formula is C19H16N2O5. The summed E-state index contributed by atoms with van der Waals surface area (Å²) in [5, 5.41) is 0. The number of imide groups is 2. The number of rotatable bonds is 6. The molecule has 0 aromatic heterocycles. The van der Waals surface area contributed by atoms with Crippen LogP contribution in [0, 0.1) is 0 Å². The lowest BCUT2D eigenvalue weighted by molar-refractivity contribution is -0.143. The van der Waals surface area contributed by atoms with Crippen molar-refractivity contribution >= 4 is 23.6 Å². The van der Waals surface area contributed by atoms with Crippen LogP contribution < -0.4 is 4.74 Å². The Morgan fingerprint density at radius 2 is 1.50 bits per heavy atom. The number of amides is 4. The normalized spacial score (nSPS) is 14.1. The highest BCUT2D eigenvalue weighted by Crippen LogP contribution is 2.21. The van der Waals surface area contributed by atoms with Gasteiger partial charge in [0.15, 0.2) is 5.78 Å². The molecule has 1 aliphatic rings. The van der Waals surface area contributed by atoms with E-state index in [1.807, 2.05) is 0 Å². The zero-order chi connectivity index (χ0) is 18.7. The summed E-state index contributed by atoms with van der Waals surface area (Å²) in [7, 11) is 1.42. The molecule has 0 N–H and O–H groups in total. The molecule has 2 aromatic carbocycles. The minimum Gasteiger partial charge on any atom is -0.496 e. The Bertz CT molecular complexity index is 879. The molecule has 7 nitrogen and oxygen atoms in total. The summed E-state index contributed by atoms with van der Waals surface area (Å²) >= 11 is 0. The maximum atomic E-state index is 12.5. The summed E-state index contributed by atoms with van der Waals surface area (Å²) in [6.07, 6.45) is 0. The van der Waals surface area contributed by atoms with Crippen LogP contribution in [0.15, 0.2) is 54.6 Å². The first kappa shape index (κ1) is 17.3. The predicted octanol–water partition coefficient (Wildman–Crippen LogP) is 1.87. The number of ether oxygens (including phenoxy) is 1. The molecule has 0 spiro atoms. The number of benzene rings is 2. The molecule has 1 saturated heterocycles. The fourth-order valence-corrected chi connectivity index (χ4v) is 2.70. The Morgan fingerprint density at radius 3 is 2.19 bits per heavy atom. The molecule has 1 heterocycles. The number of hydrogen-bond acceptors (Lipinski definition) is 5. The van der Waals surface area contributed by atoms with E-state index in [0.717, 1.165) is 4.90 Å². The van der Waals surface area contributed by atoms with Gasteiger partial charge in [-0.25, -0.2) is 9.69 Å². The molecule has 3 rings (SSSR count). The van der Waals surface area contributed by atoms with E-state index >= 15 is 0 Å². The van der Waals surface area contributed by atoms with Crippen LogP contribution in [0.4, 0.5) is 4.79 Å². The van der Waals surface area contributed by atoms with Gasteiger partial charge in [0.25, 0.3) is 0 Å².